The Balaban J connectivity index is 1.76. The van der Waals surface area contributed by atoms with Crippen LogP contribution in [0.3, 0.4) is 0 Å². The number of hydrogen-bond donors (Lipinski definition) is 6. The Kier molecular flexibility index (Phi) is 27.5. The first-order valence-electron chi connectivity index (χ1n) is 23.3. The van der Waals surface area contributed by atoms with E-state index in [1.165, 1.54) is 51.4 Å². The number of carbonyl (C=O) groups is 1. The monoisotopic (exact) mass is 866 g/mol. The minimum absolute atomic E-state index is 0.231. The van der Waals surface area contributed by atoms with Crippen LogP contribution in [0.25, 0.3) is 0 Å². The smallest absolute Gasteiger partial charge is 0.410 e. The second kappa shape index (κ2) is 30.0. The number of hydrogen-bond acceptors (Lipinski definition) is 13. The lowest BCUT2D eigenvalue weighted by atomic mass is 9.99. The van der Waals surface area contributed by atoms with E-state index in [9.17, 15) is 39.6 Å². The number of carbonyl (C=O) groups excluding carboxylic acids is 1. The van der Waals surface area contributed by atoms with Gasteiger partial charge in [0.2, 0.25) is 0 Å². The molecule has 6 N–H and O–H groups in total. The molecule has 2 aliphatic rings. The Bertz CT molecular complexity index is 1210. The van der Waals surface area contributed by atoms with Gasteiger partial charge in [0.15, 0.2) is 6.29 Å². The molecule has 15 heteroatoms. The second-order valence-electron chi connectivity index (χ2n) is 18.2. The van der Waals surface area contributed by atoms with E-state index in [2.05, 4.69) is 16.2 Å². The molecule has 0 aromatic carbocycles. The normalized spacial score (nSPS) is 24.4. The third kappa shape index (κ3) is 23.2. The molecule has 0 saturated carbocycles. The third-order valence-corrected chi connectivity index (χ3v) is 13.3. The maximum Gasteiger partial charge on any atom is 0.410 e. The van der Waals surface area contributed by atoms with E-state index in [0.29, 0.717) is 31.7 Å². The van der Waals surface area contributed by atoms with Crippen molar-refractivity contribution in [3.63, 3.8) is 0 Å². The zero-order chi connectivity index (χ0) is 43.7. The minimum atomic E-state index is -2.78. The van der Waals surface area contributed by atoms with E-state index in [-0.39, 0.29) is 12.7 Å². The fourth-order valence-electron chi connectivity index (χ4n) is 7.80. The molecule has 1 amide bonds. The quantitative estimate of drug-likeness (QED) is 0.0462. The minimum Gasteiger partial charge on any atom is -0.444 e. The van der Waals surface area contributed by atoms with E-state index < -0.39 is 70.9 Å². The molecule has 6 unspecified atom stereocenters. The molecule has 350 valence electrons. The highest BCUT2D eigenvalue weighted by Gasteiger charge is 2.44. The van der Waals surface area contributed by atoms with Gasteiger partial charge in [0, 0.05) is 47.9 Å². The standard InChI is InChI=1S/C44H87N3O11S/c1-6-7-8-9-10-11-12-13-14-17-20-23-26-36(49)38(50)35(34-56-42-41(53)40(52)39(51)37(33-48)57-42)45-59(5,55)32-25-22-19-16-15-18-21-24-27-46-28-30-47(31-29-46)43(54)58-44(2,3)4/h35-42,48-53H,6-34H2,1-5H3/t35-,36+,37?,38-,39?,40?,41?,42?,59?/m0/s1. The van der Waals surface area contributed by atoms with Crippen LogP contribution in [0.4, 0.5) is 4.79 Å². The van der Waals surface area contributed by atoms with Crippen LogP contribution in [0.15, 0.2) is 4.36 Å². The van der Waals surface area contributed by atoms with Crippen LogP contribution in [0, 0.1) is 0 Å². The van der Waals surface area contributed by atoms with Gasteiger partial charge >= 0.3 is 6.09 Å². The lowest BCUT2D eigenvalue weighted by molar-refractivity contribution is -0.302. The Labute approximate surface area is 357 Å². The van der Waals surface area contributed by atoms with Gasteiger partial charge in [-0.3, -0.25) is 9.11 Å². The molecule has 9 atom stereocenters. The molecule has 2 fully saturated rings. The predicted octanol–water partition coefficient (Wildman–Crippen LogP) is 5.76. The number of aliphatic hydroxyl groups is 6. The number of nitrogens with zero attached hydrogens (tertiary/aromatic N) is 3. The van der Waals surface area contributed by atoms with E-state index in [0.717, 1.165) is 90.3 Å². The lowest BCUT2D eigenvalue weighted by Gasteiger charge is -2.40. The number of aliphatic hydroxyl groups excluding tert-OH is 6. The molecule has 0 radical (unpaired) electrons. The molecular formula is C44H87N3O11S. The van der Waals surface area contributed by atoms with E-state index >= 15 is 0 Å². The topological polar surface area (TPSA) is 202 Å². The largest absolute Gasteiger partial charge is 0.444 e. The Morgan fingerprint density at radius 3 is 1.80 bits per heavy atom. The van der Waals surface area contributed by atoms with Crippen LogP contribution in [0.5, 0.6) is 0 Å². The highest BCUT2D eigenvalue weighted by Crippen LogP contribution is 2.24. The molecule has 2 heterocycles. The van der Waals surface area contributed by atoms with Crippen molar-refractivity contribution in [2.24, 2.45) is 4.36 Å². The maximum atomic E-state index is 13.7. The van der Waals surface area contributed by atoms with Crippen LogP contribution in [0.1, 0.15) is 163 Å². The third-order valence-electron chi connectivity index (χ3n) is 11.6. The summed E-state index contributed by atoms with van der Waals surface area (Å²) in [5.74, 6) is 0.326. The molecule has 0 bridgehead atoms. The second-order valence-corrected chi connectivity index (χ2v) is 20.8. The van der Waals surface area contributed by atoms with Crippen LogP contribution in [0.2, 0.25) is 0 Å². The van der Waals surface area contributed by atoms with Crippen molar-refractivity contribution < 1.29 is 53.9 Å². The average molecular weight is 866 g/mol. The first-order valence-corrected chi connectivity index (χ1v) is 25.3. The number of amides is 1. The number of ether oxygens (including phenoxy) is 3. The van der Waals surface area contributed by atoms with Gasteiger partial charge in [-0.1, -0.05) is 122 Å². The SMILES string of the molecule is CCCCCCCCCCCCCC[C@@H](O)[C@@H](O)[C@H](COC1OC(CO)C(O)C(O)C1O)N=S(C)(=O)CCCCCCCCCCN1CCN(C(=O)OC(C)(C)C)CC1. The van der Waals surface area contributed by atoms with Gasteiger partial charge in [-0.2, -0.15) is 0 Å². The summed E-state index contributed by atoms with van der Waals surface area (Å²) in [6, 6.07) is -1.10. The van der Waals surface area contributed by atoms with Gasteiger partial charge in [0.1, 0.15) is 42.2 Å². The molecule has 2 saturated heterocycles. The molecular weight excluding hydrogens is 779 g/mol. The molecule has 2 aliphatic heterocycles. The summed E-state index contributed by atoms with van der Waals surface area (Å²) in [6.45, 7) is 11.1. The van der Waals surface area contributed by atoms with Gasteiger partial charge < -0.3 is 49.7 Å². The van der Waals surface area contributed by atoms with Crippen LogP contribution in [-0.4, -0.2) is 163 Å². The van der Waals surface area contributed by atoms with Gasteiger partial charge in [-0.05, 0) is 46.6 Å². The number of rotatable bonds is 31. The van der Waals surface area contributed by atoms with Gasteiger partial charge in [0.25, 0.3) is 0 Å². The van der Waals surface area contributed by atoms with Crippen LogP contribution < -0.4 is 0 Å². The molecule has 0 spiro atoms. The summed E-state index contributed by atoms with van der Waals surface area (Å²) >= 11 is 0. The van der Waals surface area contributed by atoms with Crippen molar-refractivity contribution in [2.45, 2.75) is 217 Å². The van der Waals surface area contributed by atoms with Crippen molar-refractivity contribution in [2.75, 3.05) is 57.9 Å². The fourth-order valence-corrected chi connectivity index (χ4v) is 9.40. The lowest BCUT2D eigenvalue weighted by Crippen LogP contribution is -2.59. The van der Waals surface area contributed by atoms with Crippen molar-refractivity contribution >= 4 is 15.8 Å². The fraction of sp³-hybridized carbons (Fsp3) is 0.977. The Hall–Kier alpha value is -1.14. The summed E-state index contributed by atoms with van der Waals surface area (Å²) < 4.78 is 34.9. The Morgan fingerprint density at radius 2 is 1.27 bits per heavy atom. The summed E-state index contributed by atoms with van der Waals surface area (Å²) in [4.78, 5) is 16.5. The van der Waals surface area contributed by atoms with Gasteiger partial charge in [-0.15, -0.1) is 0 Å². The Morgan fingerprint density at radius 1 is 0.763 bits per heavy atom. The average Bonchev–Trinajstić information content (AvgIpc) is 3.19. The predicted molar refractivity (Wildman–Crippen MR) is 234 cm³/mol. The highest BCUT2D eigenvalue weighted by molar-refractivity contribution is 7.92. The van der Waals surface area contributed by atoms with E-state index in [4.69, 9.17) is 14.2 Å². The van der Waals surface area contributed by atoms with Crippen LogP contribution in [-0.2, 0) is 23.9 Å². The van der Waals surface area contributed by atoms with Crippen molar-refractivity contribution in [1.82, 2.24) is 9.80 Å². The van der Waals surface area contributed by atoms with E-state index in [1.54, 1.807) is 11.2 Å². The number of piperazine rings is 1. The summed E-state index contributed by atoms with van der Waals surface area (Å²) in [7, 11) is -2.78. The summed E-state index contributed by atoms with van der Waals surface area (Å²) in [6.07, 6.45) is 14.2. The molecule has 0 aromatic rings. The van der Waals surface area contributed by atoms with Crippen molar-refractivity contribution in [3.8, 4) is 0 Å². The van der Waals surface area contributed by atoms with Crippen LogP contribution >= 0.6 is 0 Å². The van der Waals surface area contributed by atoms with Crippen molar-refractivity contribution in [1.29, 1.82) is 0 Å². The zero-order valence-corrected chi connectivity index (χ0v) is 38.4. The molecule has 14 nitrogen and oxygen atoms in total. The highest BCUT2D eigenvalue weighted by atomic mass is 32.2. The summed E-state index contributed by atoms with van der Waals surface area (Å²) in [5, 5.41) is 62.7. The zero-order valence-electron chi connectivity index (χ0n) is 37.6. The summed E-state index contributed by atoms with van der Waals surface area (Å²) in [5.41, 5.74) is -0.479. The molecule has 0 aromatic heterocycles. The maximum absolute atomic E-state index is 13.7. The van der Waals surface area contributed by atoms with E-state index in [1.807, 2.05) is 20.8 Å². The molecule has 2 rings (SSSR count). The van der Waals surface area contributed by atoms with Gasteiger partial charge in [-0.25, -0.2) is 9.16 Å². The number of unbranched alkanes of at least 4 members (excludes halogenated alkanes) is 18. The first-order chi connectivity index (χ1) is 28.1. The molecule has 0 aliphatic carbocycles. The van der Waals surface area contributed by atoms with Crippen molar-refractivity contribution in [3.05, 3.63) is 0 Å². The molecule has 59 heavy (non-hydrogen) atoms. The first kappa shape index (κ1) is 54.0. The van der Waals surface area contributed by atoms with Gasteiger partial charge in [0.05, 0.1) is 19.3 Å².